The van der Waals surface area contributed by atoms with E-state index in [1.165, 1.54) is 37.7 Å². The Morgan fingerprint density at radius 2 is 0.976 bits per heavy atom. The minimum absolute atomic E-state index is 0.135. The molecule has 8 nitrogen and oxygen atoms in total. The highest BCUT2D eigenvalue weighted by atomic mass is 16.4. The van der Waals surface area contributed by atoms with E-state index in [2.05, 4.69) is 34.9 Å². The number of carboxylic acid groups (broad SMARTS) is 2. The molecule has 1 aliphatic rings. The minimum Gasteiger partial charge on any atom is -0.478 e. The van der Waals surface area contributed by atoms with Crippen LogP contribution in [0, 0.1) is 0 Å². The van der Waals surface area contributed by atoms with Crippen LogP contribution in [0.15, 0.2) is 97.1 Å². The Labute approximate surface area is 238 Å². The molecule has 3 aromatic rings. The van der Waals surface area contributed by atoms with Crippen molar-refractivity contribution in [3.63, 3.8) is 0 Å². The average molecular weight is 553 g/mol. The average Bonchev–Trinajstić information content (AvgIpc) is 2.98. The van der Waals surface area contributed by atoms with Crippen molar-refractivity contribution in [2.24, 2.45) is 0 Å². The van der Waals surface area contributed by atoms with Gasteiger partial charge in [-0.25, -0.2) is 9.59 Å². The lowest BCUT2D eigenvalue weighted by molar-refractivity contribution is -0.132. The standard InChI is InChI=1S/C33H32N2O6/c36-29(18-20-31(38)39)34-27-14-10-25(11-15-27)33(24-8-6-23(7-9-24)22-4-2-1-3-5-22)26-12-16-28(17-13-26)35-30(37)19-21-32(40)41/h6-22,33H,1-5H2,(H,34,36)(H,35,37)(H,38,39)(H,40,41)/b20-18+,21-19+. The Kier molecular flexibility index (Phi) is 9.83. The number of carboxylic acids is 2. The van der Waals surface area contributed by atoms with Crippen LogP contribution in [0.2, 0.25) is 0 Å². The lowest BCUT2D eigenvalue weighted by Crippen LogP contribution is -2.10. The van der Waals surface area contributed by atoms with Crippen LogP contribution in [0.4, 0.5) is 11.4 Å². The third-order valence-corrected chi connectivity index (χ3v) is 7.12. The second-order valence-corrected chi connectivity index (χ2v) is 10.0. The summed E-state index contributed by atoms with van der Waals surface area (Å²) in [6.45, 7) is 0. The summed E-state index contributed by atoms with van der Waals surface area (Å²) in [5.74, 6) is -3.02. The first-order chi connectivity index (χ1) is 19.8. The first-order valence-corrected chi connectivity index (χ1v) is 13.5. The number of hydrogen-bond acceptors (Lipinski definition) is 4. The molecule has 0 atom stereocenters. The Balaban J connectivity index is 1.59. The van der Waals surface area contributed by atoms with Crippen molar-refractivity contribution in [1.82, 2.24) is 0 Å². The predicted octanol–water partition coefficient (Wildman–Crippen LogP) is 6.07. The molecule has 0 radical (unpaired) electrons. The van der Waals surface area contributed by atoms with Gasteiger partial charge in [-0.1, -0.05) is 67.8 Å². The minimum atomic E-state index is -1.20. The number of nitrogens with one attached hydrogen (secondary N) is 2. The number of amides is 2. The van der Waals surface area contributed by atoms with E-state index < -0.39 is 23.8 Å². The van der Waals surface area contributed by atoms with Crippen molar-refractivity contribution in [2.45, 2.75) is 43.9 Å². The van der Waals surface area contributed by atoms with Gasteiger partial charge in [0.25, 0.3) is 0 Å². The SMILES string of the molecule is O=C(O)/C=C/C(=O)Nc1ccc(C(c2ccc(NC(=O)/C=C/C(=O)O)cc2)c2ccc(C3CCCCC3)cc2)cc1. The first-order valence-electron chi connectivity index (χ1n) is 13.5. The van der Waals surface area contributed by atoms with E-state index >= 15 is 0 Å². The molecule has 1 aliphatic carbocycles. The summed E-state index contributed by atoms with van der Waals surface area (Å²) in [6.07, 6.45) is 9.75. The molecule has 8 heteroatoms. The van der Waals surface area contributed by atoms with Gasteiger partial charge in [-0.2, -0.15) is 0 Å². The van der Waals surface area contributed by atoms with Gasteiger partial charge >= 0.3 is 11.9 Å². The van der Waals surface area contributed by atoms with E-state index in [0.29, 0.717) is 17.3 Å². The normalized spacial score (nSPS) is 13.9. The molecule has 4 N–H and O–H groups in total. The van der Waals surface area contributed by atoms with Gasteiger partial charge in [0.05, 0.1) is 0 Å². The molecule has 0 unspecified atom stereocenters. The summed E-state index contributed by atoms with van der Waals surface area (Å²) in [6, 6.07) is 23.5. The number of benzene rings is 3. The number of aliphatic carboxylic acids is 2. The number of carbonyl (C=O) groups is 4. The third-order valence-electron chi connectivity index (χ3n) is 7.12. The highest BCUT2D eigenvalue weighted by Gasteiger charge is 2.20. The number of hydrogen-bond donors (Lipinski definition) is 4. The van der Waals surface area contributed by atoms with Crippen LogP contribution in [0.3, 0.4) is 0 Å². The lowest BCUT2D eigenvalue weighted by Gasteiger charge is -2.24. The summed E-state index contributed by atoms with van der Waals surface area (Å²) in [5, 5.41) is 22.8. The van der Waals surface area contributed by atoms with E-state index in [0.717, 1.165) is 41.0 Å². The smallest absolute Gasteiger partial charge is 0.328 e. The van der Waals surface area contributed by atoms with Gasteiger partial charge in [-0.15, -0.1) is 0 Å². The molecule has 210 valence electrons. The van der Waals surface area contributed by atoms with Crippen molar-refractivity contribution in [3.8, 4) is 0 Å². The molecule has 0 saturated heterocycles. The van der Waals surface area contributed by atoms with Crippen LogP contribution in [0.25, 0.3) is 0 Å². The van der Waals surface area contributed by atoms with E-state index in [9.17, 15) is 19.2 Å². The monoisotopic (exact) mass is 552 g/mol. The van der Waals surface area contributed by atoms with Crippen LogP contribution in [-0.4, -0.2) is 34.0 Å². The number of carbonyl (C=O) groups excluding carboxylic acids is 2. The summed E-state index contributed by atoms with van der Waals surface area (Å²) in [7, 11) is 0. The molecule has 4 rings (SSSR count). The maximum absolute atomic E-state index is 12.0. The Morgan fingerprint density at radius 3 is 1.37 bits per heavy atom. The van der Waals surface area contributed by atoms with Crippen LogP contribution < -0.4 is 10.6 Å². The van der Waals surface area contributed by atoms with Crippen molar-refractivity contribution in [2.75, 3.05) is 10.6 Å². The second kappa shape index (κ2) is 13.9. The second-order valence-electron chi connectivity index (χ2n) is 10.0. The quantitative estimate of drug-likeness (QED) is 0.178. The van der Waals surface area contributed by atoms with Gasteiger partial charge < -0.3 is 20.8 Å². The molecular weight excluding hydrogens is 520 g/mol. The lowest BCUT2D eigenvalue weighted by atomic mass is 9.81. The molecule has 41 heavy (non-hydrogen) atoms. The summed E-state index contributed by atoms with van der Waals surface area (Å²) < 4.78 is 0. The van der Waals surface area contributed by atoms with E-state index in [4.69, 9.17) is 10.2 Å². The first kappa shape index (κ1) is 29.0. The highest BCUT2D eigenvalue weighted by Crippen LogP contribution is 2.36. The fraction of sp³-hybridized carbons (Fsp3) is 0.212. The molecule has 0 spiro atoms. The zero-order valence-corrected chi connectivity index (χ0v) is 22.5. The van der Waals surface area contributed by atoms with Gasteiger partial charge in [-0.3, -0.25) is 9.59 Å². The number of anilines is 2. The van der Waals surface area contributed by atoms with Crippen LogP contribution in [0.5, 0.6) is 0 Å². The van der Waals surface area contributed by atoms with Crippen LogP contribution in [0.1, 0.15) is 66.2 Å². The molecular formula is C33H32N2O6. The molecule has 2 amide bonds. The molecule has 0 heterocycles. The van der Waals surface area contributed by atoms with Crippen molar-refractivity contribution in [1.29, 1.82) is 0 Å². The summed E-state index contributed by atoms with van der Waals surface area (Å²) >= 11 is 0. The van der Waals surface area contributed by atoms with Crippen molar-refractivity contribution < 1.29 is 29.4 Å². The van der Waals surface area contributed by atoms with Crippen LogP contribution >= 0.6 is 0 Å². The summed E-state index contributed by atoms with van der Waals surface area (Å²) in [4.78, 5) is 45.3. The molecule has 3 aromatic carbocycles. The van der Waals surface area contributed by atoms with Gasteiger partial charge in [0.15, 0.2) is 0 Å². The maximum Gasteiger partial charge on any atom is 0.328 e. The molecule has 0 bridgehead atoms. The van der Waals surface area contributed by atoms with Gasteiger partial charge in [0.1, 0.15) is 0 Å². The van der Waals surface area contributed by atoms with Crippen molar-refractivity contribution in [3.05, 3.63) is 119 Å². The Morgan fingerprint density at radius 1 is 0.585 bits per heavy atom. The van der Waals surface area contributed by atoms with E-state index in [1.54, 1.807) is 24.3 Å². The highest BCUT2D eigenvalue weighted by molar-refractivity contribution is 6.03. The van der Waals surface area contributed by atoms with Crippen LogP contribution in [-0.2, 0) is 19.2 Å². The Bertz CT molecular complexity index is 1350. The van der Waals surface area contributed by atoms with Gasteiger partial charge in [-0.05, 0) is 65.3 Å². The fourth-order valence-electron chi connectivity index (χ4n) is 5.15. The van der Waals surface area contributed by atoms with Crippen molar-refractivity contribution >= 4 is 35.1 Å². The largest absolute Gasteiger partial charge is 0.478 e. The van der Waals surface area contributed by atoms with E-state index in [-0.39, 0.29) is 5.92 Å². The fourth-order valence-corrected chi connectivity index (χ4v) is 5.15. The molecule has 1 fully saturated rings. The number of rotatable bonds is 10. The summed E-state index contributed by atoms with van der Waals surface area (Å²) in [5.41, 5.74) is 5.48. The Hall–Kier alpha value is -4.98. The van der Waals surface area contributed by atoms with Gasteiger partial charge in [0.2, 0.25) is 11.8 Å². The predicted molar refractivity (Wildman–Crippen MR) is 157 cm³/mol. The topological polar surface area (TPSA) is 133 Å². The zero-order valence-electron chi connectivity index (χ0n) is 22.5. The molecule has 0 aliphatic heterocycles. The van der Waals surface area contributed by atoms with Gasteiger partial charge in [0, 0.05) is 41.6 Å². The molecule has 1 saturated carbocycles. The van der Waals surface area contributed by atoms with E-state index in [1.807, 2.05) is 24.3 Å². The third kappa shape index (κ3) is 8.50. The zero-order chi connectivity index (χ0) is 29.2. The molecule has 0 aromatic heterocycles. The maximum atomic E-state index is 12.0.